The van der Waals surface area contributed by atoms with E-state index in [1.54, 1.807) is 30.3 Å². The highest BCUT2D eigenvalue weighted by molar-refractivity contribution is 6.61. The monoisotopic (exact) mass is 533 g/mol. The summed E-state index contributed by atoms with van der Waals surface area (Å²) in [4.78, 5) is 37.2. The molecule has 8 nitrogen and oxygen atoms in total. The Morgan fingerprint density at radius 3 is 2.29 bits per heavy atom. The zero-order valence-corrected chi connectivity index (χ0v) is 22.3. The molecule has 8 radical (unpaired) electrons. The van der Waals surface area contributed by atoms with E-state index in [4.69, 9.17) is 41.4 Å². The average molecular weight is 533 g/mol. The first kappa shape index (κ1) is 28.2. The molecule has 12 heteroatoms. The summed E-state index contributed by atoms with van der Waals surface area (Å²) in [5.41, 5.74) is 2.10. The summed E-state index contributed by atoms with van der Waals surface area (Å²) in [6.07, 6.45) is 0. The molecular weight excluding hydrogens is 510 g/mol. The molecule has 1 aromatic heterocycles. The molecule has 5 rings (SSSR count). The minimum Gasteiger partial charge on any atom is -0.487 e. The van der Waals surface area contributed by atoms with Crippen LogP contribution in [-0.2, 0) is 16.6 Å². The minimum atomic E-state index is -2.31. The van der Waals surface area contributed by atoms with Gasteiger partial charge in [0.1, 0.15) is 17.9 Å². The topological polar surface area (TPSA) is 102 Å². The Bertz CT molecular complexity index is 1660. The van der Waals surface area contributed by atoms with Gasteiger partial charge >= 0.3 is 0 Å². The van der Waals surface area contributed by atoms with Crippen LogP contribution in [0.3, 0.4) is 0 Å². The van der Waals surface area contributed by atoms with Gasteiger partial charge in [0, 0.05) is 31.9 Å². The summed E-state index contributed by atoms with van der Waals surface area (Å²) in [6.45, 7) is 1.87. The fourth-order valence-corrected chi connectivity index (χ4v) is 4.73. The standard InChI is InChI=1S/C29H23B4N5O3/c30-28(31,29(32,33)27(40)38-15-13-37(14-16-38)21-11-9-19(17-34)10-12-21)26-35-24-22(25(39)36-26)7-4-8-23(24)41-18-20-5-2-1-3-6-20/h1-12H,13-16,18H2,(H,35,36,39). The Morgan fingerprint density at radius 2 is 1.63 bits per heavy atom. The lowest BCUT2D eigenvalue weighted by Gasteiger charge is -2.46. The number of hydrogen-bond donors (Lipinski definition) is 1. The number of aromatic amines is 1. The molecule has 1 saturated heterocycles. The van der Waals surface area contributed by atoms with Gasteiger partial charge in [-0.2, -0.15) is 5.26 Å². The third kappa shape index (κ3) is 5.49. The molecule has 1 amide bonds. The smallest absolute Gasteiger partial charge is 0.258 e. The van der Waals surface area contributed by atoms with Gasteiger partial charge in [0.25, 0.3) is 5.56 Å². The number of fused-ring (bicyclic) bond motifs is 1. The summed E-state index contributed by atoms with van der Waals surface area (Å²) in [5.74, 6) is -0.599. The number of nitriles is 1. The van der Waals surface area contributed by atoms with E-state index in [0.29, 0.717) is 37.5 Å². The number of H-pyrrole nitrogens is 1. The number of hydrogen-bond acceptors (Lipinski definition) is 6. The molecule has 1 aliphatic rings. The number of para-hydroxylation sites is 1. The van der Waals surface area contributed by atoms with Crippen molar-refractivity contribution in [2.75, 3.05) is 31.1 Å². The molecule has 0 bridgehead atoms. The maximum absolute atomic E-state index is 13.6. The van der Waals surface area contributed by atoms with Crippen LogP contribution in [0.15, 0.2) is 77.6 Å². The number of amides is 1. The SMILES string of the molecule is [B]C([B])(C(=O)N1CCN(c2ccc(C#N)cc2)CC1)C([B])([B])c1nc2c(OCc3ccccc3)cccc2c(=O)[nH]1. The number of rotatable bonds is 7. The summed E-state index contributed by atoms with van der Waals surface area (Å²) in [6, 6.07) is 23.7. The van der Waals surface area contributed by atoms with Crippen molar-refractivity contribution in [2.45, 2.75) is 17.0 Å². The van der Waals surface area contributed by atoms with Gasteiger partial charge < -0.3 is 19.5 Å². The van der Waals surface area contributed by atoms with Crippen molar-refractivity contribution in [1.82, 2.24) is 14.9 Å². The van der Waals surface area contributed by atoms with Crippen LogP contribution in [0, 0.1) is 11.3 Å². The number of piperazine rings is 1. The second-order valence-electron chi connectivity index (χ2n) is 10.0. The molecule has 0 unspecified atom stereocenters. The van der Waals surface area contributed by atoms with Gasteiger partial charge in [0.15, 0.2) is 0 Å². The Hall–Kier alpha value is -4.38. The number of aromatic nitrogens is 2. The fourth-order valence-electron chi connectivity index (χ4n) is 4.73. The summed E-state index contributed by atoms with van der Waals surface area (Å²) >= 11 is 0. The largest absolute Gasteiger partial charge is 0.487 e. The van der Waals surface area contributed by atoms with Crippen molar-refractivity contribution in [3.05, 3.63) is 100 Å². The third-order valence-electron chi connectivity index (χ3n) is 7.29. The molecule has 0 spiro atoms. The first-order chi connectivity index (χ1) is 19.6. The van der Waals surface area contributed by atoms with E-state index < -0.39 is 21.9 Å². The van der Waals surface area contributed by atoms with Gasteiger partial charge in [0.05, 0.1) is 54.2 Å². The molecular formula is C29H23B4N5O3. The summed E-state index contributed by atoms with van der Waals surface area (Å²) in [5, 5.41) is 4.72. The third-order valence-corrected chi connectivity index (χ3v) is 7.29. The maximum Gasteiger partial charge on any atom is 0.258 e. The van der Waals surface area contributed by atoms with Gasteiger partial charge in [-0.1, -0.05) is 36.4 Å². The Morgan fingerprint density at radius 1 is 0.951 bits per heavy atom. The lowest BCUT2D eigenvalue weighted by atomic mass is 9.29. The highest BCUT2D eigenvalue weighted by Crippen LogP contribution is 2.39. The van der Waals surface area contributed by atoms with Gasteiger partial charge in [-0.25, -0.2) is 4.98 Å². The quantitative estimate of drug-likeness (QED) is 0.363. The second-order valence-corrected chi connectivity index (χ2v) is 10.0. The van der Waals surface area contributed by atoms with Crippen LogP contribution in [0.2, 0.25) is 5.21 Å². The van der Waals surface area contributed by atoms with E-state index >= 15 is 0 Å². The zero-order valence-electron chi connectivity index (χ0n) is 22.3. The van der Waals surface area contributed by atoms with Crippen molar-refractivity contribution < 1.29 is 9.53 Å². The van der Waals surface area contributed by atoms with Crippen molar-refractivity contribution in [3.63, 3.8) is 0 Å². The molecule has 1 N–H and O–H groups in total. The minimum absolute atomic E-state index is 0.210. The first-order valence-electron chi connectivity index (χ1n) is 13.0. The number of nitrogens with zero attached hydrogens (tertiary/aromatic N) is 4. The number of ether oxygens (including phenoxy) is 1. The molecule has 0 aliphatic carbocycles. The highest BCUT2D eigenvalue weighted by Gasteiger charge is 2.46. The predicted octanol–water partition coefficient (Wildman–Crippen LogP) is 1.67. The number of nitrogens with one attached hydrogen (secondary N) is 1. The van der Waals surface area contributed by atoms with Crippen molar-refractivity contribution in [3.8, 4) is 11.8 Å². The fraction of sp³-hybridized carbons (Fsp3) is 0.241. The van der Waals surface area contributed by atoms with E-state index in [9.17, 15) is 9.59 Å². The molecule has 2 heterocycles. The van der Waals surface area contributed by atoms with Crippen LogP contribution in [0.5, 0.6) is 5.75 Å². The molecule has 4 aromatic rings. The summed E-state index contributed by atoms with van der Waals surface area (Å²) < 4.78 is 5.96. The van der Waals surface area contributed by atoms with Crippen molar-refractivity contribution in [2.24, 2.45) is 0 Å². The lowest BCUT2D eigenvalue weighted by molar-refractivity contribution is -0.133. The van der Waals surface area contributed by atoms with E-state index in [1.807, 2.05) is 42.5 Å². The van der Waals surface area contributed by atoms with E-state index in [0.717, 1.165) is 11.3 Å². The number of carbonyl (C=O) groups is 1. The van der Waals surface area contributed by atoms with Crippen LogP contribution in [-0.4, -0.2) is 78.3 Å². The number of anilines is 1. The normalized spacial score (nSPS) is 14.0. The van der Waals surface area contributed by atoms with E-state index in [-0.39, 0.29) is 23.3 Å². The number of carbonyl (C=O) groups excluding carboxylic acids is 1. The second kappa shape index (κ2) is 11.2. The molecule has 3 aromatic carbocycles. The van der Waals surface area contributed by atoms with Crippen LogP contribution in [0.25, 0.3) is 10.9 Å². The van der Waals surface area contributed by atoms with Crippen LogP contribution in [0.4, 0.5) is 5.69 Å². The lowest BCUT2D eigenvalue weighted by Crippen LogP contribution is -2.58. The summed E-state index contributed by atoms with van der Waals surface area (Å²) in [7, 11) is 25.5. The van der Waals surface area contributed by atoms with Gasteiger partial charge in [0.2, 0.25) is 5.91 Å². The Balaban J connectivity index is 1.36. The molecule has 41 heavy (non-hydrogen) atoms. The van der Waals surface area contributed by atoms with Gasteiger partial charge in [-0.15, -0.1) is 0 Å². The van der Waals surface area contributed by atoms with Crippen LogP contribution in [0.1, 0.15) is 17.0 Å². The Kier molecular flexibility index (Phi) is 7.72. The highest BCUT2D eigenvalue weighted by atomic mass is 16.5. The van der Waals surface area contributed by atoms with Crippen LogP contribution < -0.4 is 15.2 Å². The predicted molar refractivity (Wildman–Crippen MR) is 160 cm³/mol. The molecule has 1 aliphatic heterocycles. The first-order valence-corrected chi connectivity index (χ1v) is 13.0. The van der Waals surface area contributed by atoms with E-state index in [2.05, 4.69) is 20.9 Å². The van der Waals surface area contributed by atoms with E-state index in [1.165, 1.54) is 4.90 Å². The molecule has 194 valence electrons. The van der Waals surface area contributed by atoms with Crippen molar-refractivity contribution in [1.29, 1.82) is 5.26 Å². The molecule has 1 fully saturated rings. The van der Waals surface area contributed by atoms with Crippen molar-refractivity contribution >= 4 is 53.9 Å². The van der Waals surface area contributed by atoms with Gasteiger partial charge in [-0.05, 0) is 52.4 Å². The maximum atomic E-state index is 13.6. The average Bonchev–Trinajstić information content (AvgIpc) is 3.00. The molecule has 0 saturated carbocycles. The number of benzene rings is 3. The van der Waals surface area contributed by atoms with Gasteiger partial charge in [-0.3, -0.25) is 9.59 Å². The molecule has 0 atom stereocenters. The zero-order chi connectivity index (χ0) is 29.2. The van der Waals surface area contributed by atoms with Crippen LogP contribution >= 0.6 is 0 Å². The Labute approximate surface area is 243 Å².